The van der Waals surface area contributed by atoms with Crippen LogP contribution in [0.25, 0.3) is 10.4 Å². The summed E-state index contributed by atoms with van der Waals surface area (Å²) in [5, 5.41) is 9.79. The molecule has 1 aromatic carbocycles. The largest absolute Gasteiger partial charge is 0.379 e. The number of fused-ring (bicyclic) bond motifs is 1. The molecule has 0 radical (unpaired) electrons. The van der Waals surface area contributed by atoms with Gasteiger partial charge < -0.3 is 15.8 Å². The minimum absolute atomic E-state index is 0.193. The number of nitrogens with one attached hydrogen (secondary N) is 1. The maximum absolute atomic E-state index is 11.6. The molecule has 1 aromatic heterocycles. The van der Waals surface area contributed by atoms with Crippen molar-refractivity contribution >= 4 is 34.8 Å². The maximum Gasteiger partial charge on any atom is 0.335 e. The molecular formula is C17H17ClN4O2S. The summed E-state index contributed by atoms with van der Waals surface area (Å²) in [6.07, 6.45) is 0.916. The Labute approximate surface area is 154 Å². The number of amidine groups is 1. The molecule has 1 atom stereocenters. The topological polar surface area (TPSA) is 80.0 Å². The van der Waals surface area contributed by atoms with Crippen molar-refractivity contribution in [3.05, 3.63) is 45.8 Å². The number of carbonyl (C=O) groups excluding carboxylic acids is 1. The van der Waals surface area contributed by atoms with Crippen LogP contribution in [-0.4, -0.2) is 36.1 Å². The van der Waals surface area contributed by atoms with E-state index in [4.69, 9.17) is 22.1 Å². The van der Waals surface area contributed by atoms with Crippen LogP contribution in [-0.2, 0) is 11.3 Å². The van der Waals surface area contributed by atoms with Crippen molar-refractivity contribution in [3.8, 4) is 10.4 Å². The average molecular weight is 377 g/mol. The molecule has 0 spiro atoms. The summed E-state index contributed by atoms with van der Waals surface area (Å²) < 4.78 is 5.41. The summed E-state index contributed by atoms with van der Waals surface area (Å²) in [4.78, 5) is 13.8. The van der Waals surface area contributed by atoms with Crippen molar-refractivity contribution in [2.45, 2.75) is 19.0 Å². The number of hydrogen-bond donors (Lipinski definition) is 2. The monoisotopic (exact) mass is 376 g/mol. The van der Waals surface area contributed by atoms with Gasteiger partial charge in [0, 0.05) is 26.9 Å². The van der Waals surface area contributed by atoms with Gasteiger partial charge in [-0.15, -0.1) is 16.4 Å². The summed E-state index contributed by atoms with van der Waals surface area (Å²) >= 11 is 7.61. The van der Waals surface area contributed by atoms with Crippen LogP contribution in [0.15, 0.2) is 35.4 Å². The Hall–Kier alpha value is -2.09. The van der Waals surface area contributed by atoms with Gasteiger partial charge in [0.15, 0.2) is 5.84 Å². The Morgan fingerprint density at radius 1 is 1.40 bits per heavy atom. The molecule has 1 unspecified atom stereocenters. The van der Waals surface area contributed by atoms with Gasteiger partial charge in [-0.25, -0.2) is 9.80 Å². The Morgan fingerprint density at radius 3 is 2.88 bits per heavy atom. The molecule has 1 saturated heterocycles. The van der Waals surface area contributed by atoms with Crippen molar-refractivity contribution in [2.24, 2.45) is 10.8 Å². The number of hydrogen-bond acceptors (Lipinski definition) is 5. The van der Waals surface area contributed by atoms with Crippen LogP contribution >= 0.6 is 22.9 Å². The van der Waals surface area contributed by atoms with Crippen molar-refractivity contribution in [2.75, 3.05) is 13.2 Å². The number of thiophene rings is 1. The number of carbonyl (C=O) groups is 1. The van der Waals surface area contributed by atoms with Crippen LogP contribution in [0, 0.1) is 0 Å². The van der Waals surface area contributed by atoms with Gasteiger partial charge in [0.1, 0.15) is 0 Å². The minimum atomic E-state index is -0.561. The molecule has 6 nitrogen and oxygen atoms in total. The molecule has 8 heteroatoms. The van der Waals surface area contributed by atoms with E-state index < -0.39 is 6.03 Å². The van der Waals surface area contributed by atoms with Gasteiger partial charge in [-0.3, -0.25) is 0 Å². The Balaban J connectivity index is 1.68. The van der Waals surface area contributed by atoms with E-state index in [-0.39, 0.29) is 6.04 Å². The number of benzene rings is 1. The molecule has 4 rings (SSSR count). The molecular weight excluding hydrogens is 360 g/mol. The first-order chi connectivity index (χ1) is 12.1. The van der Waals surface area contributed by atoms with Gasteiger partial charge in [-0.05, 0) is 30.2 Å². The lowest BCUT2D eigenvalue weighted by Gasteiger charge is -2.24. The van der Waals surface area contributed by atoms with E-state index >= 15 is 0 Å². The number of halogens is 1. The number of urea groups is 1. The van der Waals surface area contributed by atoms with E-state index in [1.807, 2.05) is 24.3 Å². The van der Waals surface area contributed by atoms with Gasteiger partial charge in [0.2, 0.25) is 0 Å². The highest BCUT2D eigenvalue weighted by Gasteiger charge is 2.27. The minimum Gasteiger partial charge on any atom is -0.379 e. The van der Waals surface area contributed by atoms with Crippen LogP contribution in [0.5, 0.6) is 0 Å². The summed E-state index contributed by atoms with van der Waals surface area (Å²) in [5.74, 6) is 0.673. The smallest absolute Gasteiger partial charge is 0.335 e. The number of hydrazone groups is 1. The van der Waals surface area contributed by atoms with Gasteiger partial charge in [0.05, 0.1) is 19.2 Å². The van der Waals surface area contributed by atoms with Crippen LogP contribution in [0.4, 0.5) is 4.79 Å². The fourth-order valence-electron chi connectivity index (χ4n) is 2.92. The van der Waals surface area contributed by atoms with Crippen LogP contribution in [0.3, 0.4) is 0 Å². The molecule has 0 bridgehead atoms. The van der Waals surface area contributed by atoms with E-state index in [9.17, 15) is 4.79 Å². The molecule has 0 saturated carbocycles. The predicted molar refractivity (Wildman–Crippen MR) is 98.8 cm³/mol. The third kappa shape index (κ3) is 3.35. The second kappa shape index (κ2) is 6.67. The molecule has 2 aliphatic rings. The highest BCUT2D eigenvalue weighted by atomic mass is 35.5. The zero-order valence-electron chi connectivity index (χ0n) is 13.4. The van der Waals surface area contributed by atoms with E-state index in [0.717, 1.165) is 33.9 Å². The summed E-state index contributed by atoms with van der Waals surface area (Å²) in [6, 6.07) is 9.44. The molecule has 0 aliphatic carbocycles. The highest BCUT2D eigenvalue weighted by Crippen LogP contribution is 2.35. The molecule has 2 aromatic rings. The lowest BCUT2D eigenvalue weighted by atomic mass is 10.1. The number of primary amides is 1. The van der Waals surface area contributed by atoms with Crippen molar-refractivity contribution in [3.63, 3.8) is 0 Å². The van der Waals surface area contributed by atoms with Crippen LogP contribution < -0.4 is 11.1 Å². The molecule has 130 valence electrons. The third-order valence-electron chi connectivity index (χ3n) is 4.23. The fourth-order valence-corrected chi connectivity index (χ4v) is 4.20. The second-order valence-corrected chi connectivity index (χ2v) is 7.58. The van der Waals surface area contributed by atoms with Crippen molar-refractivity contribution in [1.82, 2.24) is 10.3 Å². The van der Waals surface area contributed by atoms with Crippen LogP contribution in [0.1, 0.15) is 16.9 Å². The first-order valence-electron chi connectivity index (χ1n) is 7.99. The number of nitrogens with zero attached hydrogens (tertiary/aromatic N) is 2. The number of rotatable bonds is 2. The average Bonchev–Trinajstić information content (AvgIpc) is 3.24. The normalized spacial score (nSPS) is 19.5. The quantitative estimate of drug-likeness (QED) is 0.845. The fraction of sp³-hybridized carbons (Fsp3) is 0.294. The molecule has 3 heterocycles. The predicted octanol–water partition coefficient (Wildman–Crippen LogP) is 3.00. The lowest BCUT2D eigenvalue weighted by Crippen LogP contribution is -2.42. The van der Waals surface area contributed by atoms with Gasteiger partial charge in [-0.1, -0.05) is 23.7 Å². The van der Waals surface area contributed by atoms with E-state index in [2.05, 4.69) is 16.5 Å². The molecule has 2 aliphatic heterocycles. The maximum atomic E-state index is 11.6. The second-order valence-electron chi connectivity index (χ2n) is 6.00. The molecule has 3 N–H and O–H groups in total. The van der Waals surface area contributed by atoms with E-state index in [0.29, 0.717) is 24.0 Å². The number of ether oxygens (including phenoxy) is 1. The van der Waals surface area contributed by atoms with Crippen LogP contribution in [0.2, 0.25) is 5.02 Å². The SMILES string of the molecule is NC(=O)N1Cc2sc(-c3ccc(Cl)cc3)cc2C(NC2CCOC2)=N1. The number of amides is 2. The summed E-state index contributed by atoms with van der Waals surface area (Å²) in [5.41, 5.74) is 7.54. The molecule has 1 fully saturated rings. The third-order valence-corrected chi connectivity index (χ3v) is 5.65. The first-order valence-corrected chi connectivity index (χ1v) is 9.18. The van der Waals surface area contributed by atoms with Gasteiger partial charge in [-0.2, -0.15) is 0 Å². The zero-order valence-corrected chi connectivity index (χ0v) is 14.9. The first kappa shape index (κ1) is 16.4. The zero-order chi connectivity index (χ0) is 17.4. The Kier molecular flexibility index (Phi) is 4.37. The standard InChI is InChI=1S/C17H17ClN4O2S/c18-11-3-1-10(2-4-11)14-7-13-15(25-14)8-22(17(19)23)21-16(13)20-12-5-6-24-9-12/h1-4,7,12H,5-6,8-9H2,(H2,19,23)(H,20,21). The Bertz CT molecular complexity index is 828. The number of nitrogens with two attached hydrogens (primary N) is 1. The summed E-state index contributed by atoms with van der Waals surface area (Å²) in [7, 11) is 0. The van der Waals surface area contributed by atoms with Gasteiger partial charge in [0.25, 0.3) is 0 Å². The molecule has 2 amide bonds. The Morgan fingerprint density at radius 2 is 2.20 bits per heavy atom. The van der Waals surface area contributed by atoms with E-state index in [1.54, 1.807) is 11.3 Å². The molecule has 25 heavy (non-hydrogen) atoms. The lowest BCUT2D eigenvalue weighted by molar-refractivity contribution is 0.192. The van der Waals surface area contributed by atoms with Gasteiger partial charge >= 0.3 is 6.03 Å². The highest BCUT2D eigenvalue weighted by molar-refractivity contribution is 7.15. The van der Waals surface area contributed by atoms with Crippen molar-refractivity contribution < 1.29 is 9.53 Å². The van der Waals surface area contributed by atoms with E-state index in [1.165, 1.54) is 5.01 Å². The van der Waals surface area contributed by atoms with Crippen molar-refractivity contribution in [1.29, 1.82) is 0 Å². The summed E-state index contributed by atoms with van der Waals surface area (Å²) in [6.45, 7) is 1.76.